The molecule has 0 aliphatic carbocycles. The Hall–Kier alpha value is -0.680. The molecular formula is C11H21O6P. The van der Waals surface area contributed by atoms with Crippen LogP contribution in [0.3, 0.4) is 0 Å². The normalized spacial score (nSPS) is 12.6. The highest BCUT2D eigenvalue weighted by atomic mass is 31.2. The lowest BCUT2D eigenvalue weighted by molar-refractivity contribution is -0.137. The topological polar surface area (TPSA) is 71.1 Å². The number of phosphoric acid groups is 1. The van der Waals surface area contributed by atoms with Gasteiger partial charge in [0.2, 0.25) is 0 Å². The zero-order valence-corrected chi connectivity index (χ0v) is 12.2. The van der Waals surface area contributed by atoms with Crippen LogP contribution in [0.5, 0.6) is 0 Å². The van der Waals surface area contributed by atoms with Crippen molar-refractivity contribution in [2.45, 2.75) is 27.7 Å². The fraction of sp³-hybridized carbons (Fsp3) is 0.727. The number of hydrogen-bond donors (Lipinski definition) is 0. The van der Waals surface area contributed by atoms with Crippen molar-refractivity contribution in [2.75, 3.05) is 26.4 Å². The van der Waals surface area contributed by atoms with Crippen LogP contribution in [0, 0.1) is 0 Å². The Morgan fingerprint density at radius 1 is 1.06 bits per heavy atom. The first-order chi connectivity index (χ1) is 8.47. The summed E-state index contributed by atoms with van der Waals surface area (Å²) in [6.07, 6.45) is 1.28. The van der Waals surface area contributed by atoms with Crippen molar-refractivity contribution in [1.82, 2.24) is 0 Å². The van der Waals surface area contributed by atoms with E-state index in [2.05, 4.69) is 0 Å². The molecule has 0 heterocycles. The smallest absolute Gasteiger partial charge is 0.463 e. The van der Waals surface area contributed by atoms with Crippen LogP contribution in [-0.2, 0) is 27.7 Å². The van der Waals surface area contributed by atoms with Crippen molar-refractivity contribution < 1.29 is 27.7 Å². The van der Waals surface area contributed by atoms with Gasteiger partial charge in [-0.15, -0.1) is 0 Å². The first-order valence-electron chi connectivity index (χ1n) is 5.85. The Kier molecular flexibility index (Phi) is 8.93. The third-order valence-corrected chi connectivity index (χ3v) is 3.27. The second kappa shape index (κ2) is 9.28. The molecule has 0 bridgehead atoms. The largest absolute Gasteiger partial charge is 0.475 e. The number of hydrogen-bond acceptors (Lipinski definition) is 6. The standard InChI is InChI=1S/C11H21O6P/c1-5-14-11(12)8-10(4)9-17-18(13,15-6-2)16-7-3/h8H,5-7,9H2,1-4H3. The number of esters is 1. The Balaban J connectivity index is 4.34. The number of rotatable bonds is 9. The quantitative estimate of drug-likeness (QED) is 0.367. The predicted octanol–water partition coefficient (Wildman–Crippen LogP) is 2.69. The SMILES string of the molecule is CCOC(=O)C=C(C)COP(=O)(OCC)OCC. The molecule has 0 aromatic heterocycles. The highest BCUT2D eigenvalue weighted by Crippen LogP contribution is 2.49. The third-order valence-electron chi connectivity index (χ3n) is 1.68. The van der Waals surface area contributed by atoms with Gasteiger partial charge in [0.15, 0.2) is 0 Å². The maximum Gasteiger partial charge on any atom is 0.475 e. The predicted molar refractivity (Wildman–Crippen MR) is 67.2 cm³/mol. The first-order valence-corrected chi connectivity index (χ1v) is 7.31. The van der Waals surface area contributed by atoms with Crippen LogP contribution < -0.4 is 0 Å². The van der Waals surface area contributed by atoms with Crippen LogP contribution in [0.1, 0.15) is 27.7 Å². The second-order valence-electron chi connectivity index (χ2n) is 3.30. The molecular weight excluding hydrogens is 259 g/mol. The lowest BCUT2D eigenvalue weighted by Crippen LogP contribution is -2.05. The van der Waals surface area contributed by atoms with Crippen LogP contribution in [0.15, 0.2) is 11.6 Å². The van der Waals surface area contributed by atoms with Crippen molar-refractivity contribution >= 4 is 13.8 Å². The van der Waals surface area contributed by atoms with Gasteiger partial charge in [-0.05, 0) is 33.3 Å². The van der Waals surface area contributed by atoms with Gasteiger partial charge in [-0.3, -0.25) is 13.6 Å². The minimum Gasteiger partial charge on any atom is -0.463 e. The summed E-state index contributed by atoms with van der Waals surface area (Å²) < 4.78 is 31.6. The van der Waals surface area contributed by atoms with E-state index in [0.717, 1.165) is 0 Å². The van der Waals surface area contributed by atoms with Crippen molar-refractivity contribution in [2.24, 2.45) is 0 Å². The number of phosphoric ester groups is 1. The van der Waals surface area contributed by atoms with Gasteiger partial charge in [0.1, 0.15) is 0 Å². The lowest BCUT2D eigenvalue weighted by Gasteiger charge is -2.16. The van der Waals surface area contributed by atoms with E-state index >= 15 is 0 Å². The molecule has 0 amide bonds. The molecule has 0 rings (SSSR count). The zero-order chi connectivity index (χ0) is 14.0. The fourth-order valence-corrected chi connectivity index (χ4v) is 2.25. The molecule has 6 nitrogen and oxygen atoms in total. The van der Waals surface area contributed by atoms with Gasteiger partial charge < -0.3 is 4.74 Å². The number of ether oxygens (including phenoxy) is 1. The van der Waals surface area contributed by atoms with E-state index in [1.807, 2.05) is 0 Å². The van der Waals surface area contributed by atoms with Gasteiger partial charge in [0.05, 0.1) is 26.4 Å². The average Bonchev–Trinajstić information content (AvgIpc) is 2.27. The fourth-order valence-electron chi connectivity index (χ4n) is 1.04. The summed E-state index contributed by atoms with van der Waals surface area (Å²) in [5.41, 5.74) is 0.577. The van der Waals surface area contributed by atoms with Gasteiger partial charge in [0, 0.05) is 6.08 Å². The van der Waals surface area contributed by atoms with E-state index in [1.54, 1.807) is 27.7 Å². The van der Waals surface area contributed by atoms with Crippen molar-refractivity contribution in [3.63, 3.8) is 0 Å². The molecule has 0 atom stereocenters. The van der Waals surface area contributed by atoms with Crippen LogP contribution in [0.4, 0.5) is 0 Å². The molecule has 0 aromatic rings. The summed E-state index contributed by atoms with van der Waals surface area (Å²) in [4.78, 5) is 11.1. The molecule has 0 aliphatic heterocycles. The highest BCUT2D eigenvalue weighted by molar-refractivity contribution is 7.48. The van der Waals surface area contributed by atoms with Crippen molar-refractivity contribution in [1.29, 1.82) is 0 Å². The summed E-state index contributed by atoms with van der Waals surface area (Å²) in [6, 6.07) is 0. The molecule has 0 fully saturated rings. The lowest BCUT2D eigenvalue weighted by atomic mass is 10.3. The molecule has 0 spiro atoms. The first kappa shape index (κ1) is 17.3. The molecule has 0 saturated carbocycles. The molecule has 0 radical (unpaired) electrons. The van der Waals surface area contributed by atoms with E-state index in [-0.39, 0.29) is 19.8 Å². The van der Waals surface area contributed by atoms with Gasteiger partial charge >= 0.3 is 13.8 Å². The van der Waals surface area contributed by atoms with Crippen LogP contribution in [0.25, 0.3) is 0 Å². The summed E-state index contributed by atoms with van der Waals surface area (Å²) >= 11 is 0. The third kappa shape index (κ3) is 7.61. The Bertz CT molecular complexity index is 315. The second-order valence-corrected chi connectivity index (χ2v) is 4.97. The Labute approximate surface area is 108 Å². The molecule has 106 valence electrons. The van der Waals surface area contributed by atoms with Gasteiger partial charge in [-0.1, -0.05) is 0 Å². The molecule has 0 aliphatic rings. The highest BCUT2D eigenvalue weighted by Gasteiger charge is 2.25. The number of carbonyl (C=O) groups excluding carboxylic acids is 1. The van der Waals surface area contributed by atoms with Crippen LogP contribution in [-0.4, -0.2) is 32.4 Å². The minimum atomic E-state index is -3.52. The molecule has 0 unspecified atom stereocenters. The molecule has 18 heavy (non-hydrogen) atoms. The summed E-state index contributed by atoms with van der Waals surface area (Å²) in [6.45, 7) is 7.49. The van der Waals surface area contributed by atoms with E-state index < -0.39 is 13.8 Å². The van der Waals surface area contributed by atoms with Gasteiger partial charge in [-0.25, -0.2) is 9.36 Å². The van der Waals surface area contributed by atoms with Gasteiger partial charge in [-0.2, -0.15) is 0 Å². The minimum absolute atomic E-state index is 0.0178. The zero-order valence-electron chi connectivity index (χ0n) is 11.3. The molecule has 0 aromatic carbocycles. The van der Waals surface area contributed by atoms with E-state index in [9.17, 15) is 9.36 Å². The van der Waals surface area contributed by atoms with Gasteiger partial charge in [0.25, 0.3) is 0 Å². The van der Waals surface area contributed by atoms with E-state index in [4.69, 9.17) is 18.3 Å². The molecule has 0 N–H and O–H groups in total. The Morgan fingerprint density at radius 2 is 1.61 bits per heavy atom. The maximum atomic E-state index is 11.9. The van der Waals surface area contributed by atoms with Crippen LogP contribution in [0.2, 0.25) is 0 Å². The van der Waals surface area contributed by atoms with Crippen molar-refractivity contribution in [3.05, 3.63) is 11.6 Å². The van der Waals surface area contributed by atoms with Crippen LogP contribution >= 0.6 is 7.82 Å². The van der Waals surface area contributed by atoms with E-state index in [1.165, 1.54) is 6.08 Å². The summed E-state index contributed by atoms with van der Waals surface area (Å²) in [5, 5.41) is 0. The van der Waals surface area contributed by atoms with Crippen molar-refractivity contribution in [3.8, 4) is 0 Å². The van der Waals surface area contributed by atoms with E-state index in [0.29, 0.717) is 12.2 Å². The monoisotopic (exact) mass is 280 g/mol. The molecule has 7 heteroatoms. The summed E-state index contributed by atoms with van der Waals surface area (Å²) in [5.74, 6) is -0.457. The average molecular weight is 280 g/mol. The number of carbonyl (C=O) groups is 1. The summed E-state index contributed by atoms with van der Waals surface area (Å²) in [7, 11) is -3.52. The maximum absolute atomic E-state index is 11.9. The Morgan fingerprint density at radius 3 is 2.06 bits per heavy atom. The molecule has 0 saturated heterocycles.